The Bertz CT molecular complexity index is 297. The van der Waals surface area contributed by atoms with E-state index in [-0.39, 0.29) is 0 Å². The molecule has 0 bridgehead atoms. The fourth-order valence-corrected chi connectivity index (χ4v) is 1.41. The molecule has 1 fully saturated rings. The van der Waals surface area contributed by atoms with Crippen LogP contribution in [0.1, 0.15) is 6.92 Å². The lowest BCUT2D eigenvalue weighted by atomic mass is 10.2. The molecule has 14 heavy (non-hydrogen) atoms. The van der Waals surface area contributed by atoms with Gasteiger partial charge in [0.1, 0.15) is 5.75 Å². The zero-order valence-electron chi connectivity index (χ0n) is 8.32. The van der Waals surface area contributed by atoms with Crippen LogP contribution in [0.5, 0.6) is 5.75 Å². The molecule has 0 unspecified atom stereocenters. The normalized spacial score (nSPS) is 16.1. The maximum absolute atomic E-state index is 5.50. The molecule has 0 aromatic heterocycles. The van der Waals surface area contributed by atoms with Crippen LogP contribution in [0.15, 0.2) is 24.3 Å². The van der Waals surface area contributed by atoms with E-state index >= 15 is 0 Å². The minimum Gasteiger partial charge on any atom is -0.492 e. The average Bonchev–Trinajstić information content (AvgIpc) is 2.14. The Labute approximate surface area is 84.0 Å². The van der Waals surface area contributed by atoms with Crippen LogP contribution in [0.4, 0.5) is 5.69 Å². The fourth-order valence-electron chi connectivity index (χ4n) is 1.41. The van der Waals surface area contributed by atoms with Crippen LogP contribution in [-0.2, 0) is 4.74 Å². The smallest absolute Gasteiger partial charge is 0.142 e. The molecule has 1 aliphatic heterocycles. The number of anilines is 1. The molecular formula is C11H15NO2. The summed E-state index contributed by atoms with van der Waals surface area (Å²) in [5, 5.41) is 3.38. The lowest BCUT2D eigenvalue weighted by molar-refractivity contribution is 0.0210. The molecular weight excluding hydrogens is 178 g/mol. The van der Waals surface area contributed by atoms with Crippen molar-refractivity contribution in [2.24, 2.45) is 0 Å². The Morgan fingerprint density at radius 3 is 2.86 bits per heavy atom. The largest absolute Gasteiger partial charge is 0.492 e. The van der Waals surface area contributed by atoms with Crippen LogP contribution in [0.3, 0.4) is 0 Å². The summed E-state index contributed by atoms with van der Waals surface area (Å²) in [4.78, 5) is 0. The van der Waals surface area contributed by atoms with Crippen LogP contribution >= 0.6 is 0 Å². The van der Waals surface area contributed by atoms with Crippen LogP contribution < -0.4 is 10.1 Å². The minimum atomic E-state index is 0.441. The standard InChI is InChI=1S/C11H15NO2/c1-2-14-11-6-4-3-5-10(11)12-9-7-13-8-9/h3-6,9,12H,2,7-8H2,1H3. The van der Waals surface area contributed by atoms with Crippen LogP contribution in [0, 0.1) is 0 Å². The van der Waals surface area contributed by atoms with Crippen LogP contribution in [0.2, 0.25) is 0 Å². The first kappa shape index (κ1) is 9.34. The van der Waals surface area contributed by atoms with Crippen molar-refractivity contribution in [3.63, 3.8) is 0 Å². The van der Waals surface area contributed by atoms with Crippen molar-refractivity contribution >= 4 is 5.69 Å². The molecule has 3 heteroatoms. The van der Waals surface area contributed by atoms with Gasteiger partial charge in [0, 0.05) is 0 Å². The Balaban J connectivity index is 2.05. The second-order valence-electron chi connectivity index (χ2n) is 3.31. The third kappa shape index (κ3) is 1.99. The molecule has 3 nitrogen and oxygen atoms in total. The summed E-state index contributed by atoms with van der Waals surface area (Å²) in [5.74, 6) is 0.918. The minimum absolute atomic E-state index is 0.441. The van der Waals surface area contributed by atoms with E-state index in [0.717, 1.165) is 24.7 Å². The number of hydrogen-bond donors (Lipinski definition) is 1. The van der Waals surface area contributed by atoms with Gasteiger partial charge in [-0.1, -0.05) is 12.1 Å². The van der Waals surface area contributed by atoms with E-state index in [4.69, 9.17) is 9.47 Å². The lowest BCUT2D eigenvalue weighted by Gasteiger charge is -2.28. The first-order chi connectivity index (χ1) is 6.90. The number of benzene rings is 1. The quantitative estimate of drug-likeness (QED) is 0.792. The Kier molecular flexibility index (Phi) is 2.89. The summed E-state index contributed by atoms with van der Waals surface area (Å²) in [7, 11) is 0. The summed E-state index contributed by atoms with van der Waals surface area (Å²) < 4.78 is 10.6. The van der Waals surface area contributed by atoms with Gasteiger partial charge in [-0.25, -0.2) is 0 Å². The van der Waals surface area contributed by atoms with Gasteiger partial charge in [-0.05, 0) is 19.1 Å². The predicted octanol–water partition coefficient (Wildman–Crippen LogP) is 1.90. The third-order valence-electron chi connectivity index (χ3n) is 2.18. The second kappa shape index (κ2) is 4.33. The van der Waals surface area contributed by atoms with Gasteiger partial charge in [-0.15, -0.1) is 0 Å². The maximum Gasteiger partial charge on any atom is 0.142 e. The molecule has 1 saturated heterocycles. The van der Waals surface area contributed by atoms with Gasteiger partial charge < -0.3 is 14.8 Å². The molecule has 1 aromatic carbocycles. The summed E-state index contributed by atoms with van der Waals surface area (Å²) in [5.41, 5.74) is 1.06. The van der Waals surface area contributed by atoms with Crippen molar-refractivity contribution in [2.45, 2.75) is 13.0 Å². The monoisotopic (exact) mass is 193 g/mol. The van der Waals surface area contributed by atoms with E-state index in [2.05, 4.69) is 5.32 Å². The highest BCUT2D eigenvalue weighted by Crippen LogP contribution is 2.25. The van der Waals surface area contributed by atoms with Crippen molar-refractivity contribution in [3.8, 4) is 5.75 Å². The van der Waals surface area contributed by atoms with E-state index in [1.807, 2.05) is 31.2 Å². The van der Waals surface area contributed by atoms with Crippen molar-refractivity contribution in [1.29, 1.82) is 0 Å². The van der Waals surface area contributed by atoms with Gasteiger partial charge >= 0.3 is 0 Å². The van der Waals surface area contributed by atoms with Crippen LogP contribution in [-0.4, -0.2) is 25.9 Å². The number of rotatable bonds is 4. The van der Waals surface area contributed by atoms with Crippen LogP contribution in [0.25, 0.3) is 0 Å². The summed E-state index contributed by atoms with van der Waals surface area (Å²) in [6, 6.07) is 8.43. The molecule has 1 heterocycles. The highest BCUT2D eigenvalue weighted by atomic mass is 16.5. The van der Waals surface area contributed by atoms with Crippen molar-refractivity contribution in [2.75, 3.05) is 25.1 Å². The maximum atomic E-state index is 5.50. The van der Waals surface area contributed by atoms with E-state index in [9.17, 15) is 0 Å². The molecule has 0 radical (unpaired) electrons. The SMILES string of the molecule is CCOc1ccccc1NC1COC1. The van der Waals surface area contributed by atoms with E-state index in [1.165, 1.54) is 0 Å². The molecule has 0 saturated carbocycles. The summed E-state index contributed by atoms with van der Waals surface area (Å²) in [6.45, 7) is 4.27. The molecule has 1 aromatic rings. The first-order valence-electron chi connectivity index (χ1n) is 4.96. The second-order valence-corrected chi connectivity index (χ2v) is 3.31. The first-order valence-corrected chi connectivity index (χ1v) is 4.96. The molecule has 1 N–H and O–H groups in total. The van der Waals surface area contributed by atoms with Gasteiger partial charge in [-0.2, -0.15) is 0 Å². The van der Waals surface area contributed by atoms with Gasteiger partial charge in [-0.3, -0.25) is 0 Å². The summed E-state index contributed by atoms with van der Waals surface area (Å²) >= 11 is 0. The zero-order chi connectivity index (χ0) is 9.80. The fraction of sp³-hybridized carbons (Fsp3) is 0.455. The van der Waals surface area contributed by atoms with E-state index in [1.54, 1.807) is 0 Å². The van der Waals surface area contributed by atoms with E-state index in [0.29, 0.717) is 12.6 Å². The Morgan fingerprint density at radius 1 is 1.43 bits per heavy atom. The number of nitrogens with one attached hydrogen (secondary N) is 1. The average molecular weight is 193 g/mol. The van der Waals surface area contributed by atoms with Crippen molar-refractivity contribution in [3.05, 3.63) is 24.3 Å². The lowest BCUT2D eigenvalue weighted by Crippen LogP contribution is -2.40. The zero-order valence-corrected chi connectivity index (χ0v) is 8.32. The molecule has 0 amide bonds. The Hall–Kier alpha value is -1.22. The van der Waals surface area contributed by atoms with Gasteiger partial charge in [0.05, 0.1) is 31.5 Å². The molecule has 0 spiro atoms. The topological polar surface area (TPSA) is 30.5 Å². The number of ether oxygens (including phenoxy) is 2. The van der Waals surface area contributed by atoms with Gasteiger partial charge in [0.2, 0.25) is 0 Å². The third-order valence-corrected chi connectivity index (χ3v) is 2.18. The predicted molar refractivity (Wildman–Crippen MR) is 55.8 cm³/mol. The molecule has 76 valence electrons. The van der Waals surface area contributed by atoms with Crippen molar-refractivity contribution < 1.29 is 9.47 Å². The number of hydrogen-bond acceptors (Lipinski definition) is 3. The van der Waals surface area contributed by atoms with Crippen molar-refractivity contribution in [1.82, 2.24) is 0 Å². The molecule has 2 rings (SSSR count). The molecule has 0 aliphatic carbocycles. The highest BCUT2D eigenvalue weighted by Gasteiger charge is 2.18. The molecule has 0 atom stereocenters. The number of para-hydroxylation sites is 2. The highest BCUT2D eigenvalue weighted by molar-refractivity contribution is 5.56. The van der Waals surface area contributed by atoms with Gasteiger partial charge in [0.25, 0.3) is 0 Å². The molecule has 1 aliphatic rings. The summed E-state index contributed by atoms with van der Waals surface area (Å²) in [6.07, 6.45) is 0. The van der Waals surface area contributed by atoms with E-state index < -0.39 is 0 Å². The Morgan fingerprint density at radius 2 is 2.21 bits per heavy atom. The van der Waals surface area contributed by atoms with Gasteiger partial charge in [0.15, 0.2) is 0 Å².